The van der Waals surface area contributed by atoms with Gasteiger partial charge >= 0.3 is 0 Å². The second-order valence-electron chi connectivity index (χ2n) is 7.48. The van der Waals surface area contributed by atoms with Gasteiger partial charge in [-0.2, -0.15) is 0 Å². The lowest BCUT2D eigenvalue weighted by Crippen LogP contribution is -2.55. The molecule has 24 heavy (non-hydrogen) atoms. The normalized spacial score (nSPS) is 31.4. The summed E-state index contributed by atoms with van der Waals surface area (Å²) in [5, 5.41) is 19.4. The number of hydrogen-bond acceptors (Lipinski definition) is 4. The van der Waals surface area contributed by atoms with Gasteiger partial charge in [-0.1, -0.05) is 25.5 Å². The average molecular weight is 335 g/mol. The van der Waals surface area contributed by atoms with Gasteiger partial charge in [-0.25, -0.2) is 0 Å². The minimum atomic E-state index is -1.19. The van der Waals surface area contributed by atoms with E-state index in [0.717, 1.165) is 38.6 Å². The lowest BCUT2D eigenvalue weighted by atomic mass is 9.92. The number of aliphatic hydroxyl groups is 1. The first-order chi connectivity index (χ1) is 11.5. The summed E-state index contributed by atoms with van der Waals surface area (Å²) in [5.41, 5.74) is 1.23. The van der Waals surface area contributed by atoms with Crippen molar-refractivity contribution in [2.24, 2.45) is 11.8 Å². The fourth-order valence-electron chi connectivity index (χ4n) is 4.02. The van der Waals surface area contributed by atoms with Crippen molar-refractivity contribution in [3.05, 3.63) is 12.2 Å². The molecule has 3 rings (SSSR count). The molecule has 134 valence electrons. The standard InChI is InChI=1S/C18H29N3O3/c1-3-4-14(16(22)18(24)20-11-6-7-11)21-17(23)15-12-8-5-10(2)13(12)9-19-15/h11-16,19,22H,2-9H2,1H3,(H,20,24)(H,21,23)/t12-,13+,14-,15-,16?/m0/s1. The van der Waals surface area contributed by atoms with Crippen LogP contribution in [0.1, 0.15) is 45.4 Å². The monoisotopic (exact) mass is 335 g/mol. The third-order valence-corrected chi connectivity index (χ3v) is 5.61. The van der Waals surface area contributed by atoms with Crippen molar-refractivity contribution in [3.8, 4) is 0 Å². The van der Waals surface area contributed by atoms with E-state index in [1.807, 2.05) is 6.92 Å². The lowest BCUT2D eigenvalue weighted by Gasteiger charge is -2.26. The zero-order valence-electron chi connectivity index (χ0n) is 14.4. The summed E-state index contributed by atoms with van der Waals surface area (Å²) >= 11 is 0. The van der Waals surface area contributed by atoms with Gasteiger partial charge in [-0.15, -0.1) is 0 Å². The molecule has 2 amide bonds. The van der Waals surface area contributed by atoms with Gasteiger partial charge in [0, 0.05) is 12.6 Å². The Balaban J connectivity index is 1.59. The Morgan fingerprint density at radius 3 is 2.79 bits per heavy atom. The number of aliphatic hydroxyl groups excluding tert-OH is 1. The van der Waals surface area contributed by atoms with E-state index in [0.29, 0.717) is 12.3 Å². The van der Waals surface area contributed by atoms with Crippen LogP contribution in [-0.2, 0) is 9.59 Å². The molecule has 0 radical (unpaired) electrons. The van der Waals surface area contributed by atoms with E-state index in [2.05, 4.69) is 22.5 Å². The SMILES string of the molecule is C=C1CC[C@H]2[C@@H]1CN[C@@H]2C(=O)N[C@@H](CCC)C(O)C(=O)NC1CC1. The summed E-state index contributed by atoms with van der Waals surface area (Å²) in [7, 11) is 0. The zero-order chi connectivity index (χ0) is 17.3. The molecule has 5 atom stereocenters. The summed E-state index contributed by atoms with van der Waals surface area (Å²) in [5.74, 6) is 0.197. The van der Waals surface area contributed by atoms with E-state index in [1.165, 1.54) is 5.57 Å². The van der Waals surface area contributed by atoms with E-state index in [9.17, 15) is 14.7 Å². The molecule has 6 heteroatoms. The van der Waals surface area contributed by atoms with Crippen LogP contribution in [0.2, 0.25) is 0 Å². The van der Waals surface area contributed by atoms with Crippen LogP contribution in [0.4, 0.5) is 0 Å². The van der Waals surface area contributed by atoms with Crippen molar-refractivity contribution in [3.63, 3.8) is 0 Å². The first kappa shape index (κ1) is 17.4. The highest BCUT2D eigenvalue weighted by Gasteiger charge is 2.45. The van der Waals surface area contributed by atoms with E-state index in [4.69, 9.17) is 0 Å². The molecule has 1 saturated heterocycles. The number of fused-ring (bicyclic) bond motifs is 1. The Morgan fingerprint density at radius 1 is 1.38 bits per heavy atom. The molecule has 0 spiro atoms. The summed E-state index contributed by atoms with van der Waals surface area (Å²) in [6.45, 7) is 6.88. The molecule has 2 saturated carbocycles. The van der Waals surface area contributed by atoms with Gasteiger partial charge in [0.2, 0.25) is 5.91 Å². The van der Waals surface area contributed by atoms with E-state index >= 15 is 0 Å². The summed E-state index contributed by atoms with van der Waals surface area (Å²) < 4.78 is 0. The first-order valence-electron chi connectivity index (χ1n) is 9.21. The first-order valence-corrected chi connectivity index (χ1v) is 9.21. The third-order valence-electron chi connectivity index (χ3n) is 5.61. The summed E-state index contributed by atoms with van der Waals surface area (Å²) in [6.07, 6.45) is 4.11. The van der Waals surface area contributed by atoms with Crippen LogP contribution in [-0.4, -0.2) is 47.7 Å². The Bertz CT molecular complexity index is 518. The Hall–Kier alpha value is -1.40. The van der Waals surface area contributed by atoms with E-state index in [-0.39, 0.29) is 29.8 Å². The topological polar surface area (TPSA) is 90.5 Å². The van der Waals surface area contributed by atoms with Gasteiger partial charge in [0.05, 0.1) is 12.1 Å². The van der Waals surface area contributed by atoms with Crippen LogP contribution in [0, 0.1) is 11.8 Å². The molecule has 0 aromatic heterocycles. The van der Waals surface area contributed by atoms with Crippen molar-refractivity contribution in [1.29, 1.82) is 0 Å². The minimum Gasteiger partial charge on any atom is -0.381 e. The molecular formula is C18H29N3O3. The van der Waals surface area contributed by atoms with Crippen molar-refractivity contribution >= 4 is 11.8 Å². The molecular weight excluding hydrogens is 306 g/mol. The molecule has 0 bridgehead atoms. The van der Waals surface area contributed by atoms with Crippen LogP contribution in [0.15, 0.2) is 12.2 Å². The number of hydrogen-bond donors (Lipinski definition) is 4. The van der Waals surface area contributed by atoms with E-state index in [1.54, 1.807) is 0 Å². The number of rotatable bonds is 7. The number of carbonyl (C=O) groups is 2. The van der Waals surface area contributed by atoms with Crippen molar-refractivity contribution in [2.75, 3.05) is 6.54 Å². The van der Waals surface area contributed by atoms with E-state index < -0.39 is 12.1 Å². The van der Waals surface area contributed by atoms with Crippen LogP contribution >= 0.6 is 0 Å². The second kappa shape index (κ2) is 7.23. The Kier molecular flexibility index (Phi) is 5.25. The molecule has 3 aliphatic rings. The summed E-state index contributed by atoms with van der Waals surface area (Å²) in [4.78, 5) is 24.8. The average Bonchev–Trinajstić information content (AvgIpc) is 3.14. The van der Waals surface area contributed by atoms with Crippen LogP contribution in [0.5, 0.6) is 0 Å². The molecule has 1 aliphatic heterocycles. The Labute approximate surface area is 143 Å². The predicted octanol–water partition coefficient (Wildman–Crippen LogP) is 0.465. The largest absolute Gasteiger partial charge is 0.381 e. The van der Waals surface area contributed by atoms with Crippen LogP contribution < -0.4 is 16.0 Å². The second-order valence-corrected chi connectivity index (χ2v) is 7.48. The molecule has 0 aromatic rings. The van der Waals surface area contributed by atoms with Gasteiger partial charge in [-0.05, 0) is 43.9 Å². The maximum absolute atomic E-state index is 12.7. The fourth-order valence-corrected chi connectivity index (χ4v) is 4.02. The zero-order valence-corrected chi connectivity index (χ0v) is 14.4. The maximum atomic E-state index is 12.7. The fraction of sp³-hybridized carbons (Fsp3) is 0.778. The quantitative estimate of drug-likeness (QED) is 0.509. The Morgan fingerprint density at radius 2 is 2.12 bits per heavy atom. The van der Waals surface area contributed by atoms with Gasteiger partial charge in [-0.3, -0.25) is 9.59 Å². The predicted molar refractivity (Wildman–Crippen MR) is 91.2 cm³/mol. The third kappa shape index (κ3) is 3.64. The molecule has 6 nitrogen and oxygen atoms in total. The molecule has 1 heterocycles. The van der Waals surface area contributed by atoms with Gasteiger partial charge < -0.3 is 21.1 Å². The molecule has 3 fully saturated rings. The number of nitrogens with one attached hydrogen (secondary N) is 3. The van der Waals surface area contributed by atoms with Crippen LogP contribution in [0.25, 0.3) is 0 Å². The highest BCUT2D eigenvalue weighted by molar-refractivity contribution is 5.86. The smallest absolute Gasteiger partial charge is 0.251 e. The summed E-state index contributed by atoms with van der Waals surface area (Å²) in [6, 6.07) is -0.578. The van der Waals surface area contributed by atoms with Gasteiger partial charge in [0.15, 0.2) is 6.10 Å². The maximum Gasteiger partial charge on any atom is 0.251 e. The molecule has 2 aliphatic carbocycles. The van der Waals surface area contributed by atoms with Gasteiger partial charge in [0.1, 0.15) is 0 Å². The van der Waals surface area contributed by atoms with Crippen molar-refractivity contribution in [1.82, 2.24) is 16.0 Å². The minimum absolute atomic E-state index is 0.103. The highest BCUT2D eigenvalue weighted by atomic mass is 16.3. The van der Waals surface area contributed by atoms with Crippen LogP contribution in [0.3, 0.4) is 0 Å². The number of carbonyl (C=O) groups excluding carboxylic acids is 2. The molecule has 0 aromatic carbocycles. The van der Waals surface area contributed by atoms with Crippen molar-refractivity contribution in [2.45, 2.75) is 69.7 Å². The van der Waals surface area contributed by atoms with Crippen molar-refractivity contribution < 1.29 is 14.7 Å². The molecule has 1 unspecified atom stereocenters. The molecule has 4 N–H and O–H groups in total. The lowest BCUT2D eigenvalue weighted by molar-refractivity contribution is -0.133. The van der Waals surface area contributed by atoms with Gasteiger partial charge in [0.25, 0.3) is 5.91 Å². The highest BCUT2D eigenvalue weighted by Crippen LogP contribution is 2.40. The number of amides is 2.